The van der Waals surface area contributed by atoms with Gasteiger partial charge in [0.15, 0.2) is 5.75 Å². The van der Waals surface area contributed by atoms with E-state index in [1.165, 1.54) is 43.5 Å². The number of hydrogen-bond donors (Lipinski definition) is 0. The lowest BCUT2D eigenvalue weighted by Gasteiger charge is -2.13. The van der Waals surface area contributed by atoms with Crippen LogP contribution in [-0.4, -0.2) is 37.9 Å². The van der Waals surface area contributed by atoms with Crippen LogP contribution in [0.25, 0.3) is 5.69 Å². The fraction of sp³-hybridized carbons (Fsp3) is 0.150. The molecular weight excluding hydrogens is 448 g/mol. The Kier molecular flexibility index (Phi) is 6.62. The second-order valence-corrected chi connectivity index (χ2v) is 7.95. The molecule has 0 aliphatic rings. The number of benzene rings is 2. The fourth-order valence-corrected chi connectivity index (χ4v) is 3.69. The fourth-order valence-electron chi connectivity index (χ4n) is 2.55. The highest BCUT2D eigenvalue weighted by molar-refractivity contribution is 7.87. The first kappa shape index (κ1) is 22.3. The van der Waals surface area contributed by atoms with Gasteiger partial charge in [-0.3, -0.25) is 4.79 Å². The van der Waals surface area contributed by atoms with Gasteiger partial charge >= 0.3 is 16.1 Å². The lowest BCUT2D eigenvalue weighted by atomic mass is 10.3. The number of aromatic nitrogens is 2. The molecule has 3 aromatic rings. The summed E-state index contributed by atoms with van der Waals surface area (Å²) in [4.78, 5) is 24.8. The van der Waals surface area contributed by atoms with Crippen LogP contribution in [0.1, 0.15) is 17.4 Å². The topological polar surface area (TPSA) is 114 Å². The van der Waals surface area contributed by atoms with E-state index in [9.17, 15) is 18.0 Å². The summed E-state index contributed by atoms with van der Waals surface area (Å²) in [6.45, 7) is 1.56. The van der Waals surface area contributed by atoms with Gasteiger partial charge in [0.05, 0.1) is 30.5 Å². The number of halogens is 1. The molecule has 1 aromatic heterocycles. The van der Waals surface area contributed by atoms with E-state index < -0.39 is 33.1 Å². The van der Waals surface area contributed by atoms with Crippen molar-refractivity contribution in [2.24, 2.45) is 0 Å². The number of methoxy groups -OCH3 is 1. The maximum absolute atomic E-state index is 12.7. The van der Waals surface area contributed by atoms with Gasteiger partial charge in [-0.15, -0.1) is 0 Å². The Morgan fingerprint density at radius 3 is 2.42 bits per heavy atom. The average molecular weight is 465 g/mol. The van der Waals surface area contributed by atoms with Crippen LogP contribution in [0.5, 0.6) is 11.5 Å². The molecule has 0 N–H and O–H groups in total. The van der Waals surface area contributed by atoms with Crippen molar-refractivity contribution in [3.63, 3.8) is 0 Å². The molecule has 0 saturated heterocycles. The van der Waals surface area contributed by atoms with Crippen LogP contribution in [0.4, 0.5) is 0 Å². The molecule has 11 heteroatoms. The second-order valence-electron chi connectivity index (χ2n) is 5.99. The van der Waals surface area contributed by atoms with Crippen LogP contribution in [0, 0.1) is 0 Å². The standard InChI is InChI=1S/C20H17ClN2O7S/c1-3-29-20(25)19-17(30-31(26,27)14-10-8-13(28-2)9-11-14)12-18(24)23(22-19)16-7-5-4-6-15(16)21/h4-12H,3H2,1-2H3. The van der Waals surface area contributed by atoms with Gasteiger partial charge < -0.3 is 13.7 Å². The van der Waals surface area contributed by atoms with Crippen molar-refractivity contribution < 1.29 is 26.9 Å². The van der Waals surface area contributed by atoms with Gasteiger partial charge in [0.25, 0.3) is 5.56 Å². The number of carbonyl (C=O) groups excluding carboxylic acids is 1. The van der Waals surface area contributed by atoms with Gasteiger partial charge in [0, 0.05) is 0 Å². The van der Waals surface area contributed by atoms with Crippen molar-refractivity contribution in [1.82, 2.24) is 9.78 Å². The summed E-state index contributed by atoms with van der Waals surface area (Å²) < 4.78 is 41.2. The number of nitrogens with zero attached hydrogens (tertiary/aromatic N) is 2. The molecular formula is C20H17ClN2O7S. The minimum absolute atomic E-state index is 0.00357. The molecule has 0 atom stereocenters. The van der Waals surface area contributed by atoms with Gasteiger partial charge in [0.2, 0.25) is 5.69 Å². The molecule has 0 radical (unpaired) electrons. The molecule has 0 aliphatic carbocycles. The van der Waals surface area contributed by atoms with E-state index in [0.29, 0.717) is 5.75 Å². The molecule has 9 nitrogen and oxygen atoms in total. The van der Waals surface area contributed by atoms with Crippen LogP contribution in [0.2, 0.25) is 5.02 Å². The van der Waals surface area contributed by atoms with Crippen molar-refractivity contribution in [2.75, 3.05) is 13.7 Å². The number of rotatable bonds is 7. The Morgan fingerprint density at radius 2 is 1.81 bits per heavy atom. The van der Waals surface area contributed by atoms with Gasteiger partial charge in [-0.2, -0.15) is 18.2 Å². The lowest BCUT2D eigenvalue weighted by Crippen LogP contribution is -2.26. The summed E-state index contributed by atoms with van der Waals surface area (Å²) in [6, 6.07) is 12.5. The molecule has 2 aromatic carbocycles. The molecule has 3 rings (SSSR count). The molecule has 31 heavy (non-hydrogen) atoms. The van der Waals surface area contributed by atoms with Crippen LogP contribution >= 0.6 is 11.6 Å². The zero-order chi connectivity index (χ0) is 22.6. The molecule has 0 aliphatic heterocycles. The van der Waals surface area contributed by atoms with E-state index in [1.807, 2.05) is 0 Å². The highest BCUT2D eigenvalue weighted by Crippen LogP contribution is 2.24. The van der Waals surface area contributed by atoms with E-state index in [4.69, 9.17) is 25.3 Å². The Bertz CT molecular complexity index is 1270. The van der Waals surface area contributed by atoms with Crippen molar-refractivity contribution in [3.05, 3.63) is 75.7 Å². The third-order valence-electron chi connectivity index (χ3n) is 3.99. The maximum atomic E-state index is 12.7. The zero-order valence-electron chi connectivity index (χ0n) is 16.4. The summed E-state index contributed by atoms with van der Waals surface area (Å²) >= 11 is 6.12. The number of esters is 1. The van der Waals surface area contributed by atoms with E-state index in [0.717, 1.165) is 10.7 Å². The van der Waals surface area contributed by atoms with E-state index >= 15 is 0 Å². The van der Waals surface area contributed by atoms with Crippen LogP contribution in [-0.2, 0) is 14.9 Å². The Morgan fingerprint density at radius 1 is 1.13 bits per heavy atom. The normalized spacial score (nSPS) is 11.1. The molecule has 1 heterocycles. The SMILES string of the molecule is CCOC(=O)c1nn(-c2ccccc2Cl)c(=O)cc1OS(=O)(=O)c1ccc(OC)cc1. The lowest BCUT2D eigenvalue weighted by molar-refractivity contribution is 0.0515. The van der Waals surface area contributed by atoms with Gasteiger partial charge in [-0.05, 0) is 43.3 Å². The predicted octanol–water partition coefficient (Wildman–Crippen LogP) is 2.84. The summed E-state index contributed by atoms with van der Waals surface area (Å²) in [5, 5.41) is 4.16. The first-order valence-electron chi connectivity index (χ1n) is 8.91. The monoisotopic (exact) mass is 464 g/mol. The van der Waals surface area contributed by atoms with Gasteiger partial charge in [-0.1, -0.05) is 23.7 Å². The summed E-state index contributed by atoms with van der Waals surface area (Å²) in [5.41, 5.74) is -1.07. The molecule has 0 bridgehead atoms. The van der Waals surface area contributed by atoms with Gasteiger partial charge in [0.1, 0.15) is 10.6 Å². The first-order chi connectivity index (χ1) is 14.8. The van der Waals surface area contributed by atoms with Crippen LogP contribution < -0.4 is 14.5 Å². The average Bonchev–Trinajstić information content (AvgIpc) is 2.74. The van der Waals surface area contributed by atoms with Gasteiger partial charge in [-0.25, -0.2) is 4.79 Å². The third kappa shape index (κ3) is 4.86. The largest absolute Gasteiger partial charge is 0.497 e. The predicted molar refractivity (Wildman–Crippen MR) is 112 cm³/mol. The Labute approximate surface area is 182 Å². The highest BCUT2D eigenvalue weighted by Gasteiger charge is 2.26. The molecule has 0 saturated carbocycles. The van der Waals surface area contributed by atoms with Crippen molar-refractivity contribution in [1.29, 1.82) is 0 Å². The number of hydrogen-bond acceptors (Lipinski definition) is 8. The van der Waals surface area contributed by atoms with Crippen molar-refractivity contribution >= 4 is 27.7 Å². The molecule has 0 unspecified atom stereocenters. The van der Waals surface area contributed by atoms with Crippen molar-refractivity contribution in [3.8, 4) is 17.2 Å². The van der Waals surface area contributed by atoms with Crippen molar-refractivity contribution in [2.45, 2.75) is 11.8 Å². The summed E-state index contributed by atoms with van der Waals surface area (Å²) in [7, 11) is -2.95. The zero-order valence-corrected chi connectivity index (χ0v) is 18.0. The third-order valence-corrected chi connectivity index (χ3v) is 5.56. The Hall–Kier alpha value is -3.37. The smallest absolute Gasteiger partial charge is 0.362 e. The van der Waals surface area contributed by atoms with E-state index in [-0.39, 0.29) is 22.2 Å². The highest BCUT2D eigenvalue weighted by atomic mass is 35.5. The first-order valence-corrected chi connectivity index (χ1v) is 10.7. The Balaban J connectivity index is 2.10. The molecule has 0 fully saturated rings. The second kappa shape index (κ2) is 9.19. The van der Waals surface area contributed by atoms with E-state index in [2.05, 4.69) is 5.10 Å². The summed E-state index contributed by atoms with van der Waals surface area (Å²) in [6.07, 6.45) is 0. The minimum Gasteiger partial charge on any atom is -0.497 e. The molecule has 162 valence electrons. The molecule has 0 spiro atoms. The maximum Gasteiger partial charge on any atom is 0.362 e. The van der Waals surface area contributed by atoms with Crippen LogP contribution in [0.3, 0.4) is 0 Å². The quantitative estimate of drug-likeness (QED) is 0.387. The number of carbonyl (C=O) groups is 1. The minimum atomic E-state index is -4.39. The van der Waals surface area contributed by atoms with E-state index in [1.54, 1.807) is 19.1 Å². The van der Waals surface area contributed by atoms with Crippen LogP contribution in [0.15, 0.2) is 64.3 Å². The number of ether oxygens (including phenoxy) is 2. The summed E-state index contributed by atoms with van der Waals surface area (Å²) in [5.74, 6) is -1.10. The molecule has 0 amide bonds. The number of para-hydroxylation sites is 1.